The molecule has 5 nitrogen and oxygen atoms in total. The van der Waals surface area contributed by atoms with Crippen molar-refractivity contribution in [3.63, 3.8) is 0 Å². The van der Waals surface area contributed by atoms with E-state index in [-0.39, 0.29) is 11.1 Å². The fourth-order valence-electron chi connectivity index (χ4n) is 3.53. The van der Waals surface area contributed by atoms with Crippen LogP contribution in [0.1, 0.15) is 11.1 Å². The Kier molecular flexibility index (Phi) is 5.10. The quantitative estimate of drug-likeness (QED) is 0.407. The zero-order valence-corrected chi connectivity index (χ0v) is 17.8. The highest BCUT2D eigenvalue weighted by Crippen LogP contribution is 2.29. The number of benzene rings is 3. The number of nitrogens with one attached hydrogen (secondary N) is 1. The van der Waals surface area contributed by atoms with Crippen LogP contribution in [0.2, 0.25) is 5.02 Å². The number of aromatic nitrogens is 2. The fourth-order valence-corrected chi connectivity index (χ4v) is 4.34. The molecule has 0 aliphatic carbocycles. The van der Waals surface area contributed by atoms with Crippen LogP contribution in [-0.2, 0) is 11.3 Å². The standard InChI is InChI=1S/C24H16ClN3O2S/c25-18-11-7-16(8-12-18)14-28-20-4-2-1-3-19(20)26-22(28)17-9-5-15(6-10-17)13-21-23(29)27-24(30)31-21/h1-13H,14H2,(H,27,29,30)/b21-13-. The highest BCUT2D eigenvalue weighted by atomic mass is 35.5. The second kappa shape index (κ2) is 8.06. The Balaban J connectivity index is 1.52. The van der Waals surface area contributed by atoms with E-state index in [1.165, 1.54) is 0 Å². The van der Waals surface area contributed by atoms with Crippen molar-refractivity contribution in [2.75, 3.05) is 0 Å². The molecule has 0 spiro atoms. The van der Waals surface area contributed by atoms with Gasteiger partial charge < -0.3 is 4.57 Å². The van der Waals surface area contributed by atoms with Crippen LogP contribution in [0.3, 0.4) is 0 Å². The van der Waals surface area contributed by atoms with Crippen molar-refractivity contribution in [1.29, 1.82) is 0 Å². The molecule has 1 fully saturated rings. The number of amides is 2. The Labute approximate surface area is 187 Å². The first-order valence-electron chi connectivity index (χ1n) is 9.62. The van der Waals surface area contributed by atoms with Gasteiger partial charge in [-0.1, -0.05) is 60.1 Å². The van der Waals surface area contributed by atoms with Gasteiger partial charge in [0.2, 0.25) is 0 Å². The molecule has 5 rings (SSSR count). The molecule has 7 heteroatoms. The first kappa shape index (κ1) is 19.6. The summed E-state index contributed by atoms with van der Waals surface area (Å²) in [5, 5.41) is 2.63. The van der Waals surface area contributed by atoms with Crippen LogP contribution in [0.15, 0.2) is 77.7 Å². The number of rotatable bonds is 4. The maximum absolute atomic E-state index is 11.8. The first-order chi connectivity index (χ1) is 15.1. The van der Waals surface area contributed by atoms with Gasteiger partial charge in [-0.15, -0.1) is 0 Å². The van der Waals surface area contributed by atoms with Crippen LogP contribution in [0.5, 0.6) is 0 Å². The molecular weight excluding hydrogens is 430 g/mol. The second-order valence-electron chi connectivity index (χ2n) is 7.11. The summed E-state index contributed by atoms with van der Waals surface area (Å²) in [6, 6.07) is 23.7. The van der Waals surface area contributed by atoms with Gasteiger partial charge in [-0.05, 0) is 53.2 Å². The van der Waals surface area contributed by atoms with Gasteiger partial charge in [0.25, 0.3) is 11.1 Å². The van der Waals surface area contributed by atoms with E-state index in [2.05, 4.69) is 16.0 Å². The third kappa shape index (κ3) is 4.00. The molecule has 31 heavy (non-hydrogen) atoms. The van der Waals surface area contributed by atoms with Crippen molar-refractivity contribution in [1.82, 2.24) is 14.9 Å². The molecule has 0 atom stereocenters. The van der Waals surface area contributed by atoms with Crippen molar-refractivity contribution in [3.05, 3.63) is 93.9 Å². The van der Waals surface area contributed by atoms with Gasteiger partial charge in [0.15, 0.2) is 0 Å². The molecule has 3 aromatic carbocycles. The van der Waals surface area contributed by atoms with Crippen LogP contribution < -0.4 is 5.32 Å². The van der Waals surface area contributed by atoms with E-state index in [1.807, 2.05) is 66.7 Å². The highest BCUT2D eigenvalue weighted by Gasteiger charge is 2.24. The molecule has 0 unspecified atom stereocenters. The lowest BCUT2D eigenvalue weighted by molar-refractivity contribution is -0.115. The number of hydrogen-bond acceptors (Lipinski definition) is 4. The van der Waals surface area contributed by atoms with E-state index in [0.717, 1.165) is 45.3 Å². The van der Waals surface area contributed by atoms with Crippen LogP contribution >= 0.6 is 23.4 Å². The van der Waals surface area contributed by atoms with Gasteiger partial charge in [0.05, 0.1) is 15.9 Å². The minimum Gasteiger partial charge on any atom is -0.319 e. The SMILES string of the molecule is O=C1NC(=O)/C(=C/c2ccc(-c3nc4ccccc4n3Cc3ccc(Cl)cc3)cc2)S1. The molecule has 1 aliphatic rings. The van der Waals surface area contributed by atoms with Crippen molar-refractivity contribution in [2.45, 2.75) is 6.54 Å². The largest absolute Gasteiger partial charge is 0.319 e. The van der Waals surface area contributed by atoms with Crippen molar-refractivity contribution in [3.8, 4) is 11.4 Å². The monoisotopic (exact) mass is 445 g/mol. The van der Waals surface area contributed by atoms with Crippen LogP contribution in [0.4, 0.5) is 4.79 Å². The predicted molar refractivity (Wildman–Crippen MR) is 125 cm³/mol. The number of fused-ring (bicyclic) bond motifs is 1. The number of carbonyl (C=O) groups excluding carboxylic acids is 2. The summed E-state index contributed by atoms with van der Waals surface area (Å²) >= 11 is 6.95. The zero-order chi connectivity index (χ0) is 21.4. The number of para-hydroxylation sites is 2. The molecule has 2 heterocycles. The maximum atomic E-state index is 11.8. The summed E-state index contributed by atoms with van der Waals surface area (Å²) in [7, 11) is 0. The third-order valence-electron chi connectivity index (χ3n) is 5.02. The van der Waals surface area contributed by atoms with E-state index in [0.29, 0.717) is 16.5 Å². The summed E-state index contributed by atoms with van der Waals surface area (Å²) in [6.45, 7) is 0.664. The number of imide groups is 1. The van der Waals surface area contributed by atoms with Gasteiger partial charge >= 0.3 is 0 Å². The Morgan fingerprint density at radius 1 is 0.968 bits per heavy atom. The molecule has 0 saturated carbocycles. The normalized spacial score (nSPS) is 15.1. The topological polar surface area (TPSA) is 64.0 Å². The Bertz CT molecular complexity index is 1340. The van der Waals surface area contributed by atoms with Gasteiger partial charge in [-0.3, -0.25) is 14.9 Å². The summed E-state index contributed by atoms with van der Waals surface area (Å²) < 4.78 is 2.19. The lowest BCUT2D eigenvalue weighted by Gasteiger charge is -2.10. The van der Waals surface area contributed by atoms with Crippen LogP contribution in [0, 0.1) is 0 Å². The molecule has 2 amide bonds. The highest BCUT2D eigenvalue weighted by molar-refractivity contribution is 8.18. The molecule has 1 N–H and O–H groups in total. The molecule has 1 aliphatic heterocycles. The second-order valence-corrected chi connectivity index (χ2v) is 8.56. The van der Waals surface area contributed by atoms with Gasteiger partial charge in [-0.25, -0.2) is 4.98 Å². The average molecular weight is 446 g/mol. The molecule has 1 aromatic heterocycles. The molecule has 0 radical (unpaired) electrons. The van der Waals surface area contributed by atoms with Gasteiger partial charge in [0, 0.05) is 17.1 Å². The van der Waals surface area contributed by atoms with Crippen LogP contribution in [-0.4, -0.2) is 20.7 Å². The van der Waals surface area contributed by atoms with Crippen molar-refractivity contribution < 1.29 is 9.59 Å². The van der Waals surface area contributed by atoms with E-state index in [4.69, 9.17) is 16.6 Å². The van der Waals surface area contributed by atoms with E-state index < -0.39 is 0 Å². The van der Waals surface area contributed by atoms with E-state index >= 15 is 0 Å². The first-order valence-corrected chi connectivity index (χ1v) is 10.8. The molecule has 0 bridgehead atoms. The van der Waals surface area contributed by atoms with Gasteiger partial charge in [0.1, 0.15) is 5.82 Å². The van der Waals surface area contributed by atoms with Gasteiger partial charge in [-0.2, -0.15) is 0 Å². The Morgan fingerprint density at radius 2 is 1.71 bits per heavy atom. The predicted octanol–water partition coefficient (Wildman–Crippen LogP) is 5.73. The fraction of sp³-hybridized carbons (Fsp3) is 0.0417. The summed E-state index contributed by atoms with van der Waals surface area (Å²) in [4.78, 5) is 28.4. The number of hydrogen-bond donors (Lipinski definition) is 1. The lowest BCUT2D eigenvalue weighted by atomic mass is 10.1. The number of carbonyl (C=O) groups is 2. The Morgan fingerprint density at radius 3 is 2.42 bits per heavy atom. The lowest BCUT2D eigenvalue weighted by Crippen LogP contribution is -2.17. The number of nitrogens with zero attached hydrogens (tertiary/aromatic N) is 2. The maximum Gasteiger partial charge on any atom is 0.290 e. The summed E-state index contributed by atoms with van der Waals surface area (Å²) in [5.74, 6) is 0.502. The average Bonchev–Trinajstić information content (AvgIpc) is 3.29. The molecule has 4 aromatic rings. The number of thioether (sulfide) groups is 1. The molecule has 1 saturated heterocycles. The molecule has 152 valence electrons. The summed E-state index contributed by atoms with van der Waals surface area (Å²) in [5.41, 5.74) is 4.92. The number of halogens is 1. The van der Waals surface area contributed by atoms with Crippen LogP contribution in [0.25, 0.3) is 28.5 Å². The van der Waals surface area contributed by atoms with Crippen molar-refractivity contribution in [2.24, 2.45) is 0 Å². The minimum atomic E-state index is -0.358. The van der Waals surface area contributed by atoms with E-state index in [9.17, 15) is 9.59 Å². The smallest absolute Gasteiger partial charge is 0.290 e. The third-order valence-corrected chi connectivity index (χ3v) is 6.08. The number of imidazole rings is 1. The van der Waals surface area contributed by atoms with E-state index in [1.54, 1.807) is 6.08 Å². The Hall–Kier alpha value is -3.35. The van der Waals surface area contributed by atoms with Crippen molar-refractivity contribution >= 4 is 51.6 Å². The molecular formula is C24H16ClN3O2S. The minimum absolute atomic E-state index is 0.344. The zero-order valence-electron chi connectivity index (χ0n) is 16.2. The summed E-state index contributed by atoms with van der Waals surface area (Å²) in [6.07, 6.45) is 1.71.